The molecule has 0 saturated carbocycles. The van der Waals surface area contributed by atoms with Gasteiger partial charge in [0.15, 0.2) is 71.6 Å². The minimum absolute atomic E-state index is 0. The quantitative estimate of drug-likeness (QED) is 0.0121. The Kier molecular flexibility index (Phi) is 42.1. The third-order valence-corrected chi connectivity index (χ3v) is 22.5. The summed E-state index contributed by atoms with van der Waals surface area (Å²) in [6.45, 7) is 19.6. The van der Waals surface area contributed by atoms with Crippen LogP contribution in [0.2, 0.25) is 0 Å². The molecule has 19 atom stereocenters. The van der Waals surface area contributed by atoms with Crippen molar-refractivity contribution in [3.8, 4) is 11.5 Å². The molecule has 1 unspecified atom stereocenters. The average molecular weight is 2110 g/mol. The Hall–Kier alpha value is -7.30. The Bertz CT molecular complexity index is 4240. The molecule has 0 aliphatic carbocycles. The fourth-order valence-electron chi connectivity index (χ4n) is 11.6. The number of rotatable bonds is 22. The lowest BCUT2D eigenvalue weighted by atomic mass is 9.86. The molecule has 2 aromatic rings. The number of nitrogens with zero attached hydrogens (tertiary/aromatic N) is 4. The molecule has 0 radical (unpaired) electrons. The topological polar surface area (TPSA) is 411 Å². The number of aliphatic hydroxyl groups is 4. The second-order valence-corrected chi connectivity index (χ2v) is 36.4. The number of para-hydroxylation sites is 2. The summed E-state index contributed by atoms with van der Waals surface area (Å²) in [7, 11) is 0. The number of hydrogen-bond acceptors (Lipinski definition) is 25. The van der Waals surface area contributed by atoms with Gasteiger partial charge in [0.2, 0.25) is 52.5 Å². The molecule has 8 heterocycles. The van der Waals surface area contributed by atoms with Crippen molar-refractivity contribution in [3.63, 3.8) is 0 Å². The number of carbonyl (C=O) groups excluding carboxylic acids is 10. The lowest BCUT2D eigenvalue weighted by Crippen LogP contribution is -2.52. The van der Waals surface area contributed by atoms with Gasteiger partial charge in [0.25, 0.3) is 5.85 Å². The highest BCUT2D eigenvalue weighted by atomic mass is 127. The Morgan fingerprint density at radius 2 is 0.798 bits per heavy atom. The van der Waals surface area contributed by atoms with E-state index in [0.717, 1.165) is 82.0 Å². The summed E-state index contributed by atoms with van der Waals surface area (Å²) in [5.74, 6) is -17.9. The monoisotopic (exact) mass is 2100 g/mol. The number of esters is 2. The van der Waals surface area contributed by atoms with Crippen molar-refractivity contribution < 1.29 is 150 Å². The van der Waals surface area contributed by atoms with Crippen molar-refractivity contribution in [1.29, 1.82) is 0 Å². The third-order valence-electron chi connectivity index (χ3n) is 18.0. The SMILES string of the molecule is C=C=C[C@]1(F)[C@H](N2C=CC(=O)CC2=O)O[C@](F)(CI)[C@H]1C.C=C=C[C@]1(F)[C@H](N2C=CC(=O)CC2=O)O[C@](F)(CI)[C@H]1O.C=C=C[C@]1(F)[C@H](N2C=CC(=O)CC2=O)O[C@](F)(CO)[C@H]1C.C=C=C[C@]1(F)[C@H](N2C=CC(=O)CC2=O)O[C@](F)(CO)[C@H]1O.CC(C)OC(=O)[C@H](C)N.CC(C)OC(=O)[C@H](C)NP(=O)(Cl)Oc1ccccc1.Cl.O=P(Cl)(Cl)Oc1ccccc1. The highest BCUT2D eigenvalue weighted by molar-refractivity contribution is 14.1. The molecule has 4 amide bonds. The molecular formula is C78H90Cl4F8I2N6O24P2. The van der Waals surface area contributed by atoms with Crippen LogP contribution in [0.25, 0.3) is 0 Å². The Morgan fingerprint density at radius 3 is 1.09 bits per heavy atom. The molecule has 0 aromatic heterocycles. The number of ketones is 4. The molecule has 7 N–H and O–H groups in total. The van der Waals surface area contributed by atoms with Crippen molar-refractivity contribution in [2.45, 2.75) is 189 Å². The molecule has 10 rings (SSSR count). The predicted octanol–water partition coefficient (Wildman–Crippen LogP) is 12.0. The molecule has 4 saturated heterocycles. The zero-order valence-corrected chi connectivity index (χ0v) is 76.3. The van der Waals surface area contributed by atoms with E-state index in [2.05, 4.69) is 58.9 Å². The molecule has 684 valence electrons. The minimum Gasteiger partial charge on any atom is -0.462 e. The highest BCUT2D eigenvalue weighted by Crippen LogP contribution is 2.57. The third kappa shape index (κ3) is 28.6. The zero-order chi connectivity index (χ0) is 93.6. The summed E-state index contributed by atoms with van der Waals surface area (Å²) in [4.78, 5) is 117. The number of halogens is 14. The van der Waals surface area contributed by atoms with Crippen LogP contribution in [-0.4, -0.2) is 228 Å². The number of aliphatic hydroxyl groups excluding tert-OH is 4. The summed E-state index contributed by atoms with van der Waals surface area (Å²) in [6, 6.07) is 15.7. The van der Waals surface area contributed by atoms with E-state index in [4.69, 9.17) is 82.6 Å². The van der Waals surface area contributed by atoms with E-state index in [1.165, 1.54) is 20.8 Å². The summed E-state index contributed by atoms with van der Waals surface area (Å²) >= 11 is 19.5. The standard InChI is InChI=1S/C14H14F2INO3.C14H15F2NO4.C13H12F2INO4.C13H13F2NO5.C12H17ClNO4P.C6H5Cl2O2P.C6H13NO2.ClH/c1-3-5-13(15)9(2)14(16,8-17)21-12(13)18-6-4-10(19)7-11(18)20;1-3-5-13(15)9(2)14(16,8-18)21-12(13)17-6-4-10(19)7-11(17)20;1-2-4-12(14)10(20)13(15,7-16)21-11(12)17-5-3-8(18)6-9(17)19;1-2-4-12(14)10(20)13(15,7-17)21-11(12)16-5-3-8(18)6-9(16)19;1-9(2)17-12(15)10(3)14-19(13,16)18-11-7-5-4-6-8-11;7-11(8,9)10-6-4-2-1-3-5-6;1-4(2)9-6(8)5(3)7;/h4-6,9,12H,1,7-8H2,2H3;4-6,9,12,18H,1,7-8H2,2H3;3-5,10-11,20H,1,6-7H2;3-5,10-11,17,20H,1,6-7H2;4-10H,1-3H3,(H,14,16);1-5H;4-5H,7H2,1-3H3;1H/t2*9-,12+,13+,14+;2*10-,11+,12+,13+;10-,19?;;5-;/m00000.0./s1. The van der Waals surface area contributed by atoms with Gasteiger partial charge in [-0.2, -0.15) is 0 Å². The smallest absolute Gasteiger partial charge is 0.428 e. The second kappa shape index (κ2) is 47.1. The normalized spacial score (nSPS) is 31.1. The first kappa shape index (κ1) is 111. The number of benzene rings is 2. The Morgan fingerprint density at radius 1 is 0.516 bits per heavy atom. The number of hydrogen-bond donors (Lipinski definition) is 6. The summed E-state index contributed by atoms with van der Waals surface area (Å²) in [5, 5.41) is 40.2. The Labute approximate surface area is 755 Å². The van der Waals surface area contributed by atoms with Gasteiger partial charge in [0, 0.05) is 70.7 Å². The molecule has 2 aromatic carbocycles. The maximum Gasteiger partial charge on any atom is 0.428 e. The first-order valence-corrected chi connectivity index (χ1v) is 45.3. The van der Waals surface area contributed by atoms with E-state index in [-0.39, 0.29) is 51.6 Å². The van der Waals surface area contributed by atoms with Gasteiger partial charge < -0.3 is 63.6 Å². The van der Waals surface area contributed by atoms with Gasteiger partial charge in [0.05, 0.1) is 58.6 Å². The maximum atomic E-state index is 15.3. The zero-order valence-electron chi connectivity index (χ0n) is 67.2. The van der Waals surface area contributed by atoms with Gasteiger partial charge in [-0.05, 0) is 102 Å². The van der Waals surface area contributed by atoms with Crippen LogP contribution < -0.4 is 19.9 Å². The Balaban J connectivity index is 0.000000379. The fourth-order valence-corrected chi connectivity index (χ4v) is 15.6. The molecule has 46 heteroatoms. The molecule has 8 aliphatic heterocycles. The summed E-state index contributed by atoms with van der Waals surface area (Å²) in [6.07, 6.45) is -5.23. The van der Waals surface area contributed by atoms with Gasteiger partial charge in [-0.25, -0.2) is 49.3 Å². The average Bonchev–Trinajstić information content (AvgIpc) is 1.60. The number of amides is 4. The van der Waals surface area contributed by atoms with Gasteiger partial charge in [-0.15, -0.1) is 35.3 Å². The van der Waals surface area contributed by atoms with E-state index in [1.807, 2.05) is 0 Å². The first-order chi connectivity index (χ1) is 57.0. The van der Waals surface area contributed by atoms with E-state index >= 15 is 13.2 Å². The van der Waals surface area contributed by atoms with Crippen molar-refractivity contribution in [3.05, 3.63) is 183 Å². The van der Waals surface area contributed by atoms with Gasteiger partial charge in [-0.3, -0.25) is 67.5 Å². The van der Waals surface area contributed by atoms with Crippen LogP contribution in [0.1, 0.15) is 81.1 Å². The molecular weight excluding hydrogens is 2010 g/mol. The lowest BCUT2D eigenvalue weighted by molar-refractivity contribution is -0.212. The molecule has 30 nitrogen and oxygen atoms in total. The molecule has 0 spiro atoms. The largest absolute Gasteiger partial charge is 0.462 e. The van der Waals surface area contributed by atoms with Crippen molar-refractivity contribution in [1.82, 2.24) is 24.7 Å². The number of nitrogens with two attached hydrogens (primary N) is 1. The van der Waals surface area contributed by atoms with Gasteiger partial charge >= 0.3 is 24.9 Å². The molecule has 124 heavy (non-hydrogen) atoms. The second-order valence-electron chi connectivity index (χ2n) is 27.9. The highest BCUT2D eigenvalue weighted by Gasteiger charge is 2.70. The van der Waals surface area contributed by atoms with Crippen LogP contribution in [0.4, 0.5) is 35.1 Å². The van der Waals surface area contributed by atoms with E-state index in [1.54, 1.807) is 140 Å². The van der Waals surface area contributed by atoms with E-state index in [0.29, 0.717) is 22.5 Å². The van der Waals surface area contributed by atoms with Crippen LogP contribution in [-0.2, 0) is 85.5 Å². The van der Waals surface area contributed by atoms with E-state index in [9.17, 15) is 89.2 Å². The fraction of sp³-hybridized carbons (Fsp3) is 0.462. The number of alkyl halides is 10. The number of carbonyl (C=O) groups is 10. The number of nitrogens with one attached hydrogen (secondary N) is 1. The predicted molar refractivity (Wildman–Crippen MR) is 453 cm³/mol. The van der Waals surface area contributed by atoms with Crippen molar-refractivity contribution in [2.24, 2.45) is 17.6 Å². The molecule has 8 aliphatic rings. The summed E-state index contributed by atoms with van der Waals surface area (Å²) in [5.41, 5.74) is 3.66. The summed E-state index contributed by atoms with van der Waals surface area (Å²) < 4.78 is 180. The van der Waals surface area contributed by atoms with Crippen LogP contribution in [0, 0.1) is 11.8 Å². The van der Waals surface area contributed by atoms with Crippen LogP contribution in [0.3, 0.4) is 0 Å². The molecule has 4 fully saturated rings. The lowest BCUT2D eigenvalue weighted by Gasteiger charge is -2.33. The van der Waals surface area contributed by atoms with Crippen LogP contribution >= 0.6 is 104 Å². The van der Waals surface area contributed by atoms with Gasteiger partial charge in [0.1, 0.15) is 36.8 Å². The molecule has 0 bridgehead atoms. The van der Waals surface area contributed by atoms with Gasteiger partial charge in [-0.1, -0.05) is 122 Å². The van der Waals surface area contributed by atoms with Crippen LogP contribution in [0.5, 0.6) is 11.5 Å². The first-order valence-electron chi connectivity index (χ1n) is 36.3. The maximum absolute atomic E-state index is 15.3. The van der Waals surface area contributed by atoms with Crippen LogP contribution in [0.15, 0.2) is 183 Å². The number of ether oxygens (including phenoxy) is 6. The van der Waals surface area contributed by atoms with E-state index < -0.39 is 200 Å². The van der Waals surface area contributed by atoms with Crippen molar-refractivity contribution in [2.75, 3.05) is 22.1 Å². The van der Waals surface area contributed by atoms with Crippen molar-refractivity contribution >= 4 is 163 Å². The number of allylic oxidation sites excluding steroid dienone is 4. The minimum atomic E-state index is -3.65.